The number of nitrogens with zero attached hydrogens (tertiary/aromatic N) is 1. The van der Waals surface area contributed by atoms with Crippen molar-refractivity contribution in [1.29, 1.82) is 0 Å². The zero-order chi connectivity index (χ0) is 22.2. The van der Waals surface area contributed by atoms with E-state index >= 15 is 0 Å². The highest BCUT2D eigenvalue weighted by Crippen LogP contribution is 2.22. The summed E-state index contributed by atoms with van der Waals surface area (Å²) < 4.78 is 10.1. The Morgan fingerprint density at radius 3 is 2.24 bits per heavy atom. The molecule has 0 aromatic rings. The van der Waals surface area contributed by atoms with Crippen molar-refractivity contribution in [3.8, 4) is 0 Å². The Morgan fingerprint density at radius 1 is 1.14 bits per heavy atom. The van der Waals surface area contributed by atoms with Crippen LogP contribution in [-0.4, -0.2) is 64.1 Å². The van der Waals surface area contributed by atoms with Gasteiger partial charge in [0, 0.05) is 12.8 Å². The average Bonchev–Trinajstić information content (AvgIpc) is 2.60. The van der Waals surface area contributed by atoms with E-state index in [0.29, 0.717) is 32.1 Å². The molecule has 164 valence electrons. The van der Waals surface area contributed by atoms with Gasteiger partial charge in [0.25, 0.3) is 0 Å². The molecular formula is C19H30N2O8. The van der Waals surface area contributed by atoms with Crippen molar-refractivity contribution in [2.24, 2.45) is 0 Å². The summed E-state index contributed by atoms with van der Waals surface area (Å²) in [5.74, 6) is -2.04. The number of carboxylic acids is 1. The fraction of sp³-hybridized carbons (Fsp3) is 0.737. The third-order valence-corrected chi connectivity index (χ3v) is 4.13. The van der Waals surface area contributed by atoms with Crippen LogP contribution in [0.15, 0.2) is 0 Å². The van der Waals surface area contributed by atoms with E-state index in [1.807, 2.05) is 0 Å². The first-order valence-corrected chi connectivity index (χ1v) is 9.70. The third-order valence-electron chi connectivity index (χ3n) is 4.13. The molecule has 29 heavy (non-hydrogen) atoms. The third kappa shape index (κ3) is 8.08. The number of ether oxygens (including phenoxy) is 2. The van der Waals surface area contributed by atoms with E-state index in [0.717, 1.165) is 4.90 Å². The molecule has 0 bridgehead atoms. The lowest BCUT2D eigenvalue weighted by molar-refractivity contribution is -0.156. The first kappa shape index (κ1) is 24.4. The number of hydrogen-bond acceptors (Lipinski definition) is 7. The molecule has 2 N–H and O–H groups in total. The number of nitrogens with one attached hydrogen (secondary N) is 1. The Balaban J connectivity index is 0.000000352. The maximum atomic E-state index is 12.0. The quantitative estimate of drug-likeness (QED) is 0.664. The lowest BCUT2D eigenvalue weighted by Crippen LogP contribution is -2.53. The number of hydrogen-bond donors (Lipinski definition) is 2. The van der Waals surface area contributed by atoms with Crippen LogP contribution in [0.4, 0.5) is 4.79 Å². The minimum Gasteiger partial charge on any atom is -0.480 e. The number of imide groups is 1. The first-order valence-electron chi connectivity index (χ1n) is 9.70. The number of carbonyl (C=O) groups excluding carboxylic acids is 4. The second-order valence-corrected chi connectivity index (χ2v) is 7.75. The Bertz CT molecular complexity index is 639. The lowest BCUT2D eigenvalue weighted by Gasteiger charge is -2.33. The maximum Gasteiger partial charge on any atom is 0.417 e. The Kier molecular flexibility index (Phi) is 9.06. The second-order valence-electron chi connectivity index (χ2n) is 7.75. The van der Waals surface area contributed by atoms with Crippen LogP contribution in [0.2, 0.25) is 0 Å². The monoisotopic (exact) mass is 414 g/mol. The van der Waals surface area contributed by atoms with Gasteiger partial charge >= 0.3 is 18.0 Å². The summed E-state index contributed by atoms with van der Waals surface area (Å²) in [6.07, 6.45) is 2.16. The molecule has 3 amide bonds. The number of amides is 3. The molecule has 2 atom stereocenters. The van der Waals surface area contributed by atoms with E-state index < -0.39 is 41.6 Å². The summed E-state index contributed by atoms with van der Waals surface area (Å²) in [6, 6.07) is -1.52. The fourth-order valence-electron chi connectivity index (χ4n) is 2.86. The number of likely N-dealkylation sites (tertiary alicyclic amines) is 1. The fourth-order valence-corrected chi connectivity index (χ4v) is 2.86. The molecule has 2 aliphatic rings. The summed E-state index contributed by atoms with van der Waals surface area (Å²) in [4.78, 5) is 57.5. The van der Waals surface area contributed by atoms with Crippen LogP contribution in [0.25, 0.3) is 0 Å². The van der Waals surface area contributed by atoms with Crippen molar-refractivity contribution in [2.45, 2.75) is 83.9 Å². The normalized spacial score (nSPS) is 22.0. The van der Waals surface area contributed by atoms with Gasteiger partial charge in [-0.25, -0.2) is 19.3 Å². The molecule has 2 saturated heterocycles. The van der Waals surface area contributed by atoms with Crippen molar-refractivity contribution in [2.75, 3.05) is 6.61 Å². The first-order chi connectivity index (χ1) is 13.5. The number of carboxylic acid groups (broad SMARTS) is 1. The van der Waals surface area contributed by atoms with E-state index in [9.17, 15) is 24.0 Å². The summed E-state index contributed by atoms with van der Waals surface area (Å²) in [5, 5.41) is 10.8. The molecule has 2 fully saturated rings. The van der Waals surface area contributed by atoms with Gasteiger partial charge in [-0.15, -0.1) is 0 Å². The predicted molar refractivity (Wildman–Crippen MR) is 101 cm³/mol. The van der Waals surface area contributed by atoms with Crippen molar-refractivity contribution in [1.82, 2.24) is 10.2 Å². The van der Waals surface area contributed by atoms with Gasteiger partial charge in [0.05, 0.1) is 6.61 Å². The molecule has 0 saturated carbocycles. The highest BCUT2D eigenvalue weighted by molar-refractivity contribution is 5.97. The van der Waals surface area contributed by atoms with Crippen molar-refractivity contribution in [3.63, 3.8) is 0 Å². The zero-order valence-corrected chi connectivity index (χ0v) is 17.4. The van der Waals surface area contributed by atoms with Crippen LogP contribution in [-0.2, 0) is 28.7 Å². The van der Waals surface area contributed by atoms with Crippen LogP contribution in [0.3, 0.4) is 0 Å². The van der Waals surface area contributed by atoms with E-state index in [1.165, 1.54) is 0 Å². The van der Waals surface area contributed by atoms with Gasteiger partial charge in [0.2, 0.25) is 11.8 Å². The number of rotatable bonds is 3. The van der Waals surface area contributed by atoms with Crippen LogP contribution in [0.1, 0.15) is 66.2 Å². The van der Waals surface area contributed by atoms with Crippen LogP contribution >= 0.6 is 0 Å². The Morgan fingerprint density at radius 2 is 1.76 bits per heavy atom. The summed E-state index contributed by atoms with van der Waals surface area (Å²) in [7, 11) is 0. The number of aliphatic carboxylic acids is 1. The van der Waals surface area contributed by atoms with Crippen molar-refractivity contribution < 1.29 is 38.6 Å². The summed E-state index contributed by atoms with van der Waals surface area (Å²) >= 11 is 0. The predicted octanol–water partition coefficient (Wildman–Crippen LogP) is 1.61. The van der Waals surface area contributed by atoms with Crippen molar-refractivity contribution >= 4 is 29.8 Å². The van der Waals surface area contributed by atoms with Crippen LogP contribution in [0.5, 0.6) is 0 Å². The molecule has 0 unspecified atom stereocenters. The van der Waals surface area contributed by atoms with Crippen molar-refractivity contribution in [3.05, 3.63) is 0 Å². The molecule has 2 rings (SSSR count). The van der Waals surface area contributed by atoms with Gasteiger partial charge in [0.15, 0.2) is 0 Å². The van der Waals surface area contributed by atoms with Gasteiger partial charge in [-0.05, 0) is 53.4 Å². The Hall–Kier alpha value is -2.65. The molecule has 0 radical (unpaired) electrons. The number of carbonyl (C=O) groups is 5. The molecule has 0 aliphatic carbocycles. The number of esters is 1. The molecule has 2 aliphatic heterocycles. The van der Waals surface area contributed by atoms with Gasteiger partial charge in [-0.2, -0.15) is 0 Å². The second kappa shape index (κ2) is 10.8. The molecule has 2 heterocycles. The highest BCUT2D eigenvalue weighted by atomic mass is 16.6. The van der Waals surface area contributed by atoms with E-state index in [-0.39, 0.29) is 18.9 Å². The van der Waals surface area contributed by atoms with Gasteiger partial charge < -0.3 is 19.9 Å². The molecule has 0 aromatic heterocycles. The van der Waals surface area contributed by atoms with Gasteiger partial charge in [0.1, 0.15) is 17.7 Å². The minimum absolute atomic E-state index is 0.154. The standard InChI is InChI=1S/C13H21NO5.C6H9NO3/c1-5-18-11(16)9-7-6-8-10(15)14(9)12(17)19-13(2,3)4;8-5-3-1-2-4(7-5)6(9)10/h9H,5-8H2,1-4H3;4H,1-3H2,(H,7,8)(H,9,10)/t9-;4-/m00/s1. The summed E-state index contributed by atoms with van der Waals surface area (Å²) in [6.45, 7) is 7.02. The minimum atomic E-state index is -0.937. The summed E-state index contributed by atoms with van der Waals surface area (Å²) in [5.41, 5.74) is -0.714. The van der Waals surface area contributed by atoms with Crippen LogP contribution < -0.4 is 5.32 Å². The molecular weight excluding hydrogens is 384 g/mol. The average molecular weight is 414 g/mol. The molecule has 0 spiro atoms. The van der Waals surface area contributed by atoms with E-state index in [2.05, 4.69) is 5.32 Å². The largest absolute Gasteiger partial charge is 0.480 e. The molecule has 10 heteroatoms. The zero-order valence-electron chi connectivity index (χ0n) is 17.4. The van der Waals surface area contributed by atoms with Crippen LogP contribution in [0, 0.1) is 0 Å². The maximum absolute atomic E-state index is 12.0. The SMILES string of the molecule is CCOC(=O)[C@@H]1CCCC(=O)N1C(=O)OC(C)(C)C.O=C1CCC[C@@H](C(=O)O)N1. The number of piperidine rings is 2. The Labute approximate surface area is 169 Å². The molecule has 0 aromatic carbocycles. The lowest BCUT2D eigenvalue weighted by atomic mass is 10.0. The highest BCUT2D eigenvalue weighted by Gasteiger charge is 2.40. The van der Waals surface area contributed by atoms with Gasteiger partial charge in [-0.1, -0.05) is 0 Å². The van der Waals surface area contributed by atoms with E-state index in [4.69, 9.17) is 14.6 Å². The molecule has 10 nitrogen and oxygen atoms in total. The smallest absolute Gasteiger partial charge is 0.417 e. The topological polar surface area (TPSA) is 139 Å². The van der Waals surface area contributed by atoms with Gasteiger partial charge in [-0.3, -0.25) is 9.59 Å². The van der Waals surface area contributed by atoms with E-state index in [1.54, 1.807) is 27.7 Å².